The summed E-state index contributed by atoms with van der Waals surface area (Å²) >= 11 is 0. The molecule has 0 aromatic rings. The summed E-state index contributed by atoms with van der Waals surface area (Å²) in [7, 11) is 0. The fourth-order valence-corrected chi connectivity index (χ4v) is 15.6. The van der Waals surface area contributed by atoms with E-state index in [1.54, 1.807) is 0 Å². The van der Waals surface area contributed by atoms with Crippen LogP contribution in [-0.4, -0.2) is 191 Å². The first-order valence-electron chi connectivity index (χ1n) is 24.4. The van der Waals surface area contributed by atoms with Gasteiger partial charge in [-0.25, -0.2) is 0 Å². The van der Waals surface area contributed by atoms with Gasteiger partial charge in [-0.3, -0.25) is 9.59 Å². The van der Waals surface area contributed by atoms with Gasteiger partial charge in [-0.1, -0.05) is 32.9 Å². The Bertz CT molecular complexity index is 1880. The number of aliphatic carboxylic acids is 1. The zero-order chi connectivity index (χ0) is 50.0. The van der Waals surface area contributed by atoms with Crippen LogP contribution in [0.25, 0.3) is 0 Å². The molecule has 0 bridgehead atoms. The number of esters is 1. The lowest BCUT2D eigenvalue weighted by Gasteiger charge is -2.71. The van der Waals surface area contributed by atoms with Gasteiger partial charge in [-0.05, 0) is 113 Å². The van der Waals surface area contributed by atoms with Gasteiger partial charge in [0.25, 0.3) is 0 Å². The Morgan fingerprint density at radius 3 is 2.00 bits per heavy atom. The number of hydrogen-bond acceptors (Lipinski definition) is 19. The van der Waals surface area contributed by atoms with Crippen LogP contribution in [0.1, 0.15) is 99.8 Å². The highest BCUT2D eigenvalue weighted by atomic mass is 16.8. The number of allylic oxidation sites excluding steroid dienone is 1. The molecule has 4 saturated heterocycles. The molecule has 20 nitrogen and oxygen atoms in total. The van der Waals surface area contributed by atoms with Crippen LogP contribution in [-0.2, 0) is 42.7 Å². The Labute approximate surface area is 396 Å². The lowest BCUT2D eigenvalue weighted by Crippen LogP contribution is -2.69. The number of aliphatic hydroxyl groups excluding tert-OH is 10. The molecular weight excluding hydrogens is 897 g/mol. The number of hydrogen-bond donors (Lipinski definition) is 11. The van der Waals surface area contributed by atoms with Gasteiger partial charge in [0, 0.05) is 5.41 Å². The molecule has 68 heavy (non-hydrogen) atoms. The van der Waals surface area contributed by atoms with Crippen LogP contribution in [0.3, 0.4) is 0 Å². The summed E-state index contributed by atoms with van der Waals surface area (Å²) in [5, 5.41) is 119. The van der Waals surface area contributed by atoms with E-state index in [0.29, 0.717) is 32.1 Å². The Hall–Kier alpha value is -1.96. The minimum absolute atomic E-state index is 0.0103. The molecule has 388 valence electrons. The second-order valence-corrected chi connectivity index (χ2v) is 22.9. The molecule has 0 amide bonds. The van der Waals surface area contributed by atoms with E-state index in [1.165, 1.54) is 6.92 Å². The third-order valence-corrected chi connectivity index (χ3v) is 19.2. The minimum Gasteiger partial charge on any atom is -0.481 e. The number of aliphatic hydroxyl groups is 10. The molecule has 8 rings (SSSR count). The molecule has 20 heteroatoms. The number of carboxylic acid groups (broad SMARTS) is 1. The van der Waals surface area contributed by atoms with E-state index < -0.39 is 157 Å². The zero-order valence-corrected chi connectivity index (χ0v) is 40.1. The van der Waals surface area contributed by atoms with E-state index in [0.717, 1.165) is 18.4 Å². The van der Waals surface area contributed by atoms with Gasteiger partial charge in [0.1, 0.15) is 67.1 Å². The second-order valence-electron chi connectivity index (χ2n) is 22.9. The number of rotatable bonds is 11. The SMILES string of the molecule is C=C(C)[C@@H]1CCC2(C(=O)O[C@@H]3O[C@H](CO[C@@H]4O[C@H](CO)[C@@H](O[C@@H]5O[C@@H](C)[C@H](O)[C@@H](O)[C@H]5O)[C@H](O)[C@H]4O)[C@@H](O)[C@H](O)[C@H]3O)CC[C@]3(C)[C@H](CC(O)C4[C@]5(C)C(CC[C@]43C)C(C)(C)O[C@@H]5CC(=O)O)[C@@H]12. The number of ether oxygens (including phenoxy) is 7. The second kappa shape index (κ2) is 18.5. The van der Waals surface area contributed by atoms with Crippen LogP contribution in [0.4, 0.5) is 0 Å². The van der Waals surface area contributed by atoms with Crippen molar-refractivity contribution >= 4 is 11.9 Å². The van der Waals surface area contributed by atoms with Crippen LogP contribution in [0.15, 0.2) is 12.2 Å². The third-order valence-electron chi connectivity index (χ3n) is 19.2. The summed E-state index contributed by atoms with van der Waals surface area (Å²) in [4.78, 5) is 27.3. The molecule has 4 heterocycles. The highest BCUT2D eigenvalue weighted by molar-refractivity contribution is 5.78. The van der Waals surface area contributed by atoms with Crippen LogP contribution in [0.5, 0.6) is 0 Å². The number of carbonyl (C=O) groups excluding carboxylic acids is 1. The Kier molecular flexibility index (Phi) is 14.3. The van der Waals surface area contributed by atoms with E-state index in [4.69, 9.17) is 33.2 Å². The summed E-state index contributed by atoms with van der Waals surface area (Å²) in [6.45, 7) is 16.9. The summed E-state index contributed by atoms with van der Waals surface area (Å²) in [6.07, 6.45) is -22.4. The molecule has 4 aliphatic heterocycles. The quantitative estimate of drug-likeness (QED) is 0.0916. The topological polar surface area (TPSA) is 321 Å². The summed E-state index contributed by atoms with van der Waals surface area (Å²) in [5.41, 5.74) is -2.37. The average Bonchev–Trinajstić information content (AvgIpc) is 3.76. The molecule has 4 aliphatic carbocycles. The first-order chi connectivity index (χ1) is 31.7. The normalized spacial score (nSPS) is 54.2. The Morgan fingerprint density at radius 1 is 0.721 bits per heavy atom. The van der Waals surface area contributed by atoms with Crippen molar-refractivity contribution < 1.29 is 98.9 Å². The fraction of sp³-hybridized carbons (Fsp3) is 0.917. The van der Waals surface area contributed by atoms with Crippen molar-refractivity contribution in [2.45, 2.75) is 210 Å². The molecule has 0 aromatic carbocycles. The molecule has 0 aromatic heterocycles. The van der Waals surface area contributed by atoms with Crippen molar-refractivity contribution in [1.29, 1.82) is 0 Å². The molecule has 8 aliphatic rings. The Balaban J connectivity index is 0.986. The fourth-order valence-electron chi connectivity index (χ4n) is 15.6. The van der Waals surface area contributed by atoms with E-state index in [-0.39, 0.29) is 36.0 Å². The standard InChI is InChI=1S/C48H76O20/c1-19(2)21-9-12-48(14-13-45(6)22(29(21)48)15-23(50)39-46(45,7)11-10-26-44(4,5)68-27(16-28(51)52)47(26,39)8)43(61)67-42-36(59)33(56)31(54)25(65-42)18-62-40-37(60)34(57)38(24(17-49)64-40)66-41-35(58)32(55)30(53)20(3)63-41/h20-27,29-42,49-50,53-60H,1,9-18H2,2-8H3,(H,51,52)/t20-,21-,22+,23?,24+,25+,26?,27+,29+,30-,31+,32+,33-,34+,35+,36+,37+,38+,39?,40+,41-,42-,45+,46+,47+,48?/m0/s1. The third kappa shape index (κ3) is 8.03. The molecule has 26 atom stereocenters. The summed E-state index contributed by atoms with van der Waals surface area (Å²) in [6, 6.07) is 0. The maximum atomic E-state index is 15.0. The van der Waals surface area contributed by atoms with Crippen LogP contribution in [0.2, 0.25) is 0 Å². The van der Waals surface area contributed by atoms with Crippen molar-refractivity contribution in [1.82, 2.24) is 0 Å². The molecule has 4 unspecified atom stereocenters. The van der Waals surface area contributed by atoms with Crippen molar-refractivity contribution in [2.24, 2.45) is 51.2 Å². The van der Waals surface area contributed by atoms with Crippen LogP contribution < -0.4 is 0 Å². The number of carbonyl (C=O) groups is 2. The van der Waals surface area contributed by atoms with Crippen molar-refractivity contribution in [3.05, 3.63) is 12.2 Å². The maximum Gasteiger partial charge on any atom is 0.314 e. The highest BCUT2D eigenvalue weighted by Gasteiger charge is 2.76. The van der Waals surface area contributed by atoms with Crippen molar-refractivity contribution in [3.8, 4) is 0 Å². The average molecular weight is 973 g/mol. The maximum absolute atomic E-state index is 15.0. The van der Waals surface area contributed by atoms with E-state index in [1.807, 2.05) is 20.8 Å². The van der Waals surface area contributed by atoms with Gasteiger partial charge < -0.3 is 89.3 Å². The lowest BCUT2D eigenvalue weighted by atomic mass is 9.33. The lowest BCUT2D eigenvalue weighted by molar-refractivity contribution is -0.361. The molecule has 0 radical (unpaired) electrons. The number of carboxylic acids is 1. The molecule has 11 N–H and O–H groups in total. The summed E-state index contributed by atoms with van der Waals surface area (Å²) < 4.78 is 41.2. The van der Waals surface area contributed by atoms with Gasteiger partial charge in [0.2, 0.25) is 6.29 Å². The first-order valence-corrected chi connectivity index (χ1v) is 24.4. The predicted molar refractivity (Wildman–Crippen MR) is 232 cm³/mol. The van der Waals surface area contributed by atoms with E-state index >= 15 is 0 Å². The van der Waals surface area contributed by atoms with Crippen molar-refractivity contribution in [2.75, 3.05) is 13.2 Å². The van der Waals surface area contributed by atoms with Gasteiger partial charge in [0.15, 0.2) is 12.6 Å². The molecular formula is C48H76O20. The highest BCUT2D eigenvalue weighted by Crippen LogP contribution is 2.78. The van der Waals surface area contributed by atoms with Crippen molar-refractivity contribution in [3.63, 3.8) is 0 Å². The van der Waals surface area contributed by atoms with E-state index in [2.05, 4.69) is 27.4 Å². The van der Waals surface area contributed by atoms with Gasteiger partial charge in [-0.2, -0.15) is 0 Å². The molecule has 0 spiro atoms. The summed E-state index contributed by atoms with van der Waals surface area (Å²) in [5.74, 6) is -2.58. The monoisotopic (exact) mass is 972 g/mol. The first kappa shape index (κ1) is 52.4. The predicted octanol–water partition coefficient (Wildman–Crippen LogP) is -0.534. The van der Waals surface area contributed by atoms with Gasteiger partial charge in [0.05, 0.1) is 49.0 Å². The zero-order valence-electron chi connectivity index (χ0n) is 40.1. The Morgan fingerprint density at radius 2 is 1.35 bits per heavy atom. The smallest absolute Gasteiger partial charge is 0.314 e. The van der Waals surface area contributed by atoms with Crippen LogP contribution in [0, 0.1) is 51.2 Å². The minimum atomic E-state index is -1.90. The molecule has 4 saturated carbocycles. The van der Waals surface area contributed by atoms with Gasteiger partial charge in [-0.15, -0.1) is 0 Å². The molecule has 8 fully saturated rings. The van der Waals surface area contributed by atoms with E-state index in [9.17, 15) is 65.8 Å². The van der Waals surface area contributed by atoms with Crippen LogP contribution >= 0.6 is 0 Å². The largest absolute Gasteiger partial charge is 0.481 e. The van der Waals surface area contributed by atoms with Gasteiger partial charge >= 0.3 is 11.9 Å². The number of fused-ring (bicyclic) bond motifs is 7.